The van der Waals surface area contributed by atoms with Crippen molar-refractivity contribution < 1.29 is 9.96 Å². The minimum absolute atomic E-state index is 0. The zero-order valence-corrected chi connectivity index (χ0v) is 12.0. The number of quaternary nitrogens is 1. The fourth-order valence-electron chi connectivity index (χ4n) is 2.37. The molecule has 100 valence electrons. The van der Waals surface area contributed by atoms with Gasteiger partial charge < -0.3 is 9.96 Å². The Hall–Kier alpha value is -0.0800. The van der Waals surface area contributed by atoms with E-state index in [1.54, 1.807) is 0 Å². The number of unbranched alkanes of at least 4 members (excludes halogenated alkanes) is 5. The molecule has 0 aliphatic heterocycles. The summed E-state index contributed by atoms with van der Waals surface area (Å²) in [7, 11) is 0. The van der Waals surface area contributed by atoms with Crippen molar-refractivity contribution in [2.24, 2.45) is 0 Å². The van der Waals surface area contributed by atoms with Crippen LogP contribution in [0.2, 0.25) is 0 Å². The van der Waals surface area contributed by atoms with E-state index in [1.807, 2.05) is 0 Å². The molecule has 0 aliphatic rings. The van der Waals surface area contributed by atoms with E-state index in [1.165, 1.54) is 69.2 Å². The van der Waals surface area contributed by atoms with Crippen LogP contribution in [-0.2, 0) is 0 Å². The highest BCUT2D eigenvalue weighted by atomic mass is 16.0. The molecule has 0 aromatic rings. The van der Waals surface area contributed by atoms with Gasteiger partial charge in [0, 0.05) is 0 Å². The molecule has 0 spiro atoms. The van der Waals surface area contributed by atoms with Gasteiger partial charge in [-0.25, -0.2) is 0 Å². The Bertz CT molecular complexity index is 124. The fourth-order valence-corrected chi connectivity index (χ4v) is 2.37. The van der Waals surface area contributed by atoms with Crippen molar-refractivity contribution >= 4 is 0 Å². The van der Waals surface area contributed by atoms with Crippen molar-refractivity contribution in [3.8, 4) is 0 Å². The molecule has 0 saturated carbocycles. The lowest BCUT2D eigenvalue weighted by Crippen LogP contribution is -2.48. The summed E-state index contributed by atoms with van der Waals surface area (Å²) in [5.41, 5.74) is 0. The third-order valence-electron chi connectivity index (χ3n) is 4.00. The van der Waals surface area contributed by atoms with Crippen LogP contribution < -0.4 is 0 Å². The van der Waals surface area contributed by atoms with Gasteiger partial charge in [-0.05, 0) is 33.6 Å². The minimum atomic E-state index is 0. The number of nitrogens with zero attached hydrogens (tertiary/aromatic N) is 1. The zero-order chi connectivity index (χ0) is 11.6. The van der Waals surface area contributed by atoms with Crippen molar-refractivity contribution in [3.05, 3.63) is 0 Å². The molecular formula is C14H33NO. The summed E-state index contributed by atoms with van der Waals surface area (Å²) in [5, 5.41) is 0. The lowest BCUT2D eigenvalue weighted by atomic mass is 10.1. The molecule has 0 rings (SSSR count). The second-order valence-corrected chi connectivity index (χ2v) is 4.78. The van der Waals surface area contributed by atoms with Crippen LogP contribution in [0.3, 0.4) is 0 Å². The van der Waals surface area contributed by atoms with Gasteiger partial charge in [-0.1, -0.05) is 32.6 Å². The monoisotopic (exact) mass is 231 g/mol. The third kappa shape index (κ3) is 7.24. The molecule has 0 amide bonds. The van der Waals surface area contributed by atoms with Gasteiger partial charge in [0.2, 0.25) is 0 Å². The second-order valence-electron chi connectivity index (χ2n) is 4.78. The fraction of sp³-hybridized carbons (Fsp3) is 1.00. The molecule has 0 aliphatic carbocycles. The summed E-state index contributed by atoms with van der Waals surface area (Å²) in [5.74, 6) is 0. The van der Waals surface area contributed by atoms with Gasteiger partial charge >= 0.3 is 0 Å². The summed E-state index contributed by atoms with van der Waals surface area (Å²) in [6, 6.07) is 0. The van der Waals surface area contributed by atoms with E-state index < -0.39 is 0 Å². The standard InChI is InChI=1S/C14H32N.H2O/c1-5-9-10-11-12-13-14-15(6-2,7-3)8-4;/h5-14H2,1-4H3;1H2/q+1;/p-1. The molecular weight excluding hydrogens is 198 g/mol. The maximum absolute atomic E-state index is 2.34. The maximum atomic E-state index is 2.34. The molecule has 2 heteroatoms. The molecule has 0 radical (unpaired) electrons. The summed E-state index contributed by atoms with van der Waals surface area (Å²) < 4.78 is 1.33. The van der Waals surface area contributed by atoms with E-state index in [4.69, 9.17) is 0 Å². The first-order valence-electron chi connectivity index (χ1n) is 7.09. The van der Waals surface area contributed by atoms with Crippen LogP contribution in [-0.4, -0.2) is 36.1 Å². The summed E-state index contributed by atoms with van der Waals surface area (Å²) in [6.45, 7) is 14.6. The molecule has 0 saturated heterocycles. The molecule has 0 aromatic heterocycles. The van der Waals surface area contributed by atoms with Crippen LogP contribution in [0, 0.1) is 0 Å². The Labute approximate surface area is 103 Å². The Balaban J connectivity index is 0. The third-order valence-corrected chi connectivity index (χ3v) is 4.00. The van der Waals surface area contributed by atoms with Crippen molar-refractivity contribution in [1.82, 2.24) is 0 Å². The molecule has 2 nitrogen and oxygen atoms in total. The van der Waals surface area contributed by atoms with E-state index in [9.17, 15) is 0 Å². The lowest BCUT2D eigenvalue weighted by Gasteiger charge is -2.35. The predicted octanol–water partition coefficient (Wildman–Crippen LogP) is 4.05. The second kappa shape index (κ2) is 11.4. The molecule has 16 heavy (non-hydrogen) atoms. The van der Waals surface area contributed by atoms with Gasteiger partial charge in [-0.3, -0.25) is 0 Å². The zero-order valence-electron chi connectivity index (χ0n) is 12.0. The molecule has 0 bridgehead atoms. The smallest absolute Gasteiger partial charge is 0.0786 e. The van der Waals surface area contributed by atoms with Gasteiger partial charge in [0.25, 0.3) is 0 Å². The average molecular weight is 231 g/mol. The van der Waals surface area contributed by atoms with E-state index in [0.29, 0.717) is 0 Å². The van der Waals surface area contributed by atoms with Crippen LogP contribution in [0.25, 0.3) is 0 Å². The Kier molecular flexibility index (Phi) is 13.0. The number of hydrogen-bond acceptors (Lipinski definition) is 1. The summed E-state index contributed by atoms with van der Waals surface area (Å²) in [6.07, 6.45) is 8.55. The van der Waals surface area contributed by atoms with Gasteiger partial charge in [-0.15, -0.1) is 0 Å². The molecule has 0 atom stereocenters. The van der Waals surface area contributed by atoms with Crippen molar-refractivity contribution in [2.45, 2.75) is 66.2 Å². The predicted molar refractivity (Wildman–Crippen MR) is 72.1 cm³/mol. The quantitative estimate of drug-likeness (QED) is 0.412. The van der Waals surface area contributed by atoms with E-state index in [2.05, 4.69) is 27.7 Å². The van der Waals surface area contributed by atoms with Gasteiger partial charge in [0.15, 0.2) is 0 Å². The SMILES string of the molecule is CCCCCCCC[N+](CC)(CC)CC.[OH-]. The van der Waals surface area contributed by atoms with Crippen LogP contribution in [0.4, 0.5) is 0 Å². The highest BCUT2D eigenvalue weighted by Gasteiger charge is 2.19. The first-order valence-corrected chi connectivity index (χ1v) is 7.09. The van der Waals surface area contributed by atoms with Crippen LogP contribution in [0.15, 0.2) is 0 Å². The molecule has 1 N–H and O–H groups in total. The minimum Gasteiger partial charge on any atom is -0.870 e. The van der Waals surface area contributed by atoms with Crippen molar-refractivity contribution in [1.29, 1.82) is 0 Å². The maximum Gasteiger partial charge on any atom is 0.0786 e. The van der Waals surface area contributed by atoms with Gasteiger partial charge in [0.05, 0.1) is 26.2 Å². The van der Waals surface area contributed by atoms with Crippen LogP contribution in [0.1, 0.15) is 66.2 Å². The molecule has 0 fully saturated rings. The molecule has 0 aromatic carbocycles. The normalized spacial score (nSPS) is 11.2. The summed E-state index contributed by atoms with van der Waals surface area (Å²) >= 11 is 0. The highest BCUT2D eigenvalue weighted by Crippen LogP contribution is 2.11. The van der Waals surface area contributed by atoms with E-state index >= 15 is 0 Å². The average Bonchev–Trinajstić information content (AvgIpc) is 2.29. The van der Waals surface area contributed by atoms with Gasteiger partial charge in [-0.2, -0.15) is 0 Å². The topological polar surface area (TPSA) is 30.0 Å². The first kappa shape index (κ1) is 18.3. The van der Waals surface area contributed by atoms with Crippen LogP contribution in [0.5, 0.6) is 0 Å². The Morgan fingerprint density at radius 3 is 1.50 bits per heavy atom. The Morgan fingerprint density at radius 2 is 1.06 bits per heavy atom. The Morgan fingerprint density at radius 1 is 0.625 bits per heavy atom. The molecule has 0 unspecified atom stereocenters. The van der Waals surface area contributed by atoms with Crippen LogP contribution >= 0.6 is 0 Å². The lowest BCUT2D eigenvalue weighted by molar-refractivity contribution is -0.923. The highest BCUT2D eigenvalue weighted by molar-refractivity contribution is 4.45. The van der Waals surface area contributed by atoms with Gasteiger partial charge in [0.1, 0.15) is 0 Å². The van der Waals surface area contributed by atoms with Crippen molar-refractivity contribution in [3.63, 3.8) is 0 Å². The van der Waals surface area contributed by atoms with Crippen molar-refractivity contribution in [2.75, 3.05) is 26.2 Å². The van der Waals surface area contributed by atoms with E-state index in [0.717, 1.165) is 0 Å². The molecule has 0 heterocycles. The number of hydrogen-bond donors (Lipinski definition) is 0. The number of rotatable bonds is 10. The first-order chi connectivity index (χ1) is 7.24. The van der Waals surface area contributed by atoms with E-state index in [-0.39, 0.29) is 5.48 Å². The summed E-state index contributed by atoms with van der Waals surface area (Å²) in [4.78, 5) is 0. The largest absolute Gasteiger partial charge is 0.870 e.